The van der Waals surface area contributed by atoms with Crippen molar-refractivity contribution in [1.82, 2.24) is 4.98 Å². The van der Waals surface area contributed by atoms with E-state index in [4.69, 9.17) is 18.0 Å². The molecule has 1 heterocycles. The highest BCUT2D eigenvalue weighted by Crippen LogP contribution is 2.14. The van der Waals surface area contributed by atoms with Crippen molar-refractivity contribution in [2.75, 3.05) is 5.73 Å². The van der Waals surface area contributed by atoms with Gasteiger partial charge in [0.2, 0.25) is 0 Å². The molecule has 0 aliphatic heterocycles. The summed E-state index contributed by atoms with van der Waals surface area (Å²) in [6.07, 6.45) is 1.69. The van der Waals surface area contributed by atoms with Gasteiger partial charge in [-0.05, 0) is 6.07 Å². The maximum absolute atomic E-state index is 5.46. The molecule has 0 atom stereocenters. The third kappa shape index (κ3) is 1.25. The molecule has 2 nitrogen and oxygen atoms in total. The number of aromatic nitrogens is 1. The third-order valence-electron chi connectivity index (χ3n) is 0.966. The van der Waals surface area contributed by atoms with Crippen molar-refractivity contribution in [3.63, 3.8) is 0 Å². The van der Waals surface area contributed by atoms with Crippen molar-refractivity contribution in [3.8, 4) is 0 Å². The summed E-state index contributed by atoms with van der Waals surface area (Å²) in [5.74, 6) is 0. The Kier molecular flexibility index (Phi) is 1.78. The fourth-order valence-corrected chi connectivity index (χ4v) is 0.810. The van der Waals surface area contributed by atoms with Gasteiger partial charge in [0.15, 0.2) is 0 Å². The number of aromatic amines is 1. The number of rotatable bonds is 0. The van der Waals surface area contributed by atoms with Crippen LogP contribution < -0.4 is 5.73 Å². The SMILES string of the molecule is Nc1cc[nH]c(=S)c1S. The van der Waals surface area contributed by atoms with Crippen molar-refractivity contribution in [1.29, 1.82) is 0 Å². The molecule has 0 aromatic carbocycles. The van der Waals surface area contributed by atoms with Crippen molar-refractivity contribution >= 4 is 30.5 Å². The second kappa shape index (κ2) is 2.41. The lowest BCUT2D eigenvalue weighted by Gasteiger charge is -1.94. The van der Waals surface area contributed by atoms with Crippen LogP contribution in [-0.2, 0) is 0 Å². The van der Waals surface area contributed by atoms with Crippen molar-refractivity contribution in [2.24, 2.45) is 0 Å². The fourth-order valence-electron chi connectivity index (χ4n) is 0.486. The molecule has 0 saturated heterocycles. The summed E-state index contributed by atoms with van der Waals surface area (Å²) in [5, 5.41) is 0. The van der Waals surface area contributed by atoms with Crippen LogP contribution in [0.2, 0.25) is 0 Å². The van der Waals surface area contributed by atoms with Crippen LogP contribution in [0.3, 0.4) is 0 Å². The second-order valence-electron chi connectivity index (χ2n) is 1.61. The first kappa shape index (κ1) is 6.64. The molecule has 9 heavy (non-hydrogen) atoms. The van der Waals surface area contributed by atoms with E-state index in [9.17, 15) is 0 Å². The largest absolute Gasteiger partial charge is 0.398 e. The lowest BCUT2D eigenvalue weighted by molar-refractivity contribution is 1.22. The highest BCUT2D eigenvalue weighted by atomic mass is 32.1. The van der Waals surface area contributed by atoms with Crippen LogP contribution in [0.25, 0.3) is 0 Å². The van der Waals surface area contributed by atoms with Gasteiger partial charge in [-0.1, -0.05) is 12.2 Å². The van der Waals surface area contributed by atoms with E-state index in [0.29, 0.717) is 15.2 Å². The number of nitrogens with two attached hydrogens (primary N) is 1. The standard InChI is InChI=1S/C5H6N2S2/c6-3-1-2-7-5(9)4(3)8/h1-2,8H,(H3,6,7,9). The molecule has 0 spiro atoms. The molecule has 1 aromatic heterocycles. The molecule has 48 valence electrons. The molecule has 0 unspecified atom stereocenters. The second-order valence-corrected chi connectivity index (χ2v) is 2.47. The van der Waals surface area contributed by atoms with E-state index in [1.807, 2.05) is 0 Å². The lowest BCUT2D eigenvalue weighted by atomic mass is 10.4. The molecule has 0 fully saturated rings. The van der Waals surface area contributed by atoms with Crippen LogP contribution in [0.5, 0.6) is 0 Å². The first-order chi connectivity index (χ1) is 4.22. The predicted molar refractivity (Wildman–Crippen MR) is 43.3 cm³/mol. The van der Waals surface area contributed by atoms with Gasteiger partial charge in [-0.25, -0.2) is 0 Å². The Morgan fingerprint density at radius 3 is 2.78 bits per heavy atom. The maximum atomic E-state index is 5.46. The van der Waals surface area contributed by atoms with Gasteiger partial charge in [-0.15, -0.1) is 12.6 Å². The number of hydrogen-bond acceptors (Lipinski definition) is 3. The summed E-state index contributed by atoms with van der Waals surface area (Å²) >= 11 is 8.88. The summed E-state index contributed by atoms with van der Waals surface area (Å²) in [4.78, 5) is 3.44. The van der Waals surface area contributed by atoms with Gasteiger partial charge in [-0.2, -0.15) is 0 Å². The number of hydrogen-bond donors (Lipinski definition) is 3. The quantitative estimate of drug-likeness (QED) is 0.396. The molecular formula is C5H6N2S2. The van der Waals surface area contributed by atoms with Gasteiger partial charge in [-0.3, -0.25) is 0 Å². The lowest BCUT2D eigenvalue weighted by Crippen LogP contribution is -1.87. The Labute approximate surface area is 63.5 Å². The van der Waals surface area contributed by atoms with Crippen LogP contribution in [0.15, 0.2) is 17.2 Å². The summed E-state index contributed by atoms with van der Waals surface area (Å²) in [6.45, 7) is 0. The summed E-state index contributed by atoms with van der Waals surface area (Å²) in [6, 6.07) is 1.72. The Bertz CT molecular complexity index is 266. The number of thiol groups is 1. The van der Waals surface area contributed by atoms with E-state index in [0.717, 1.165) is 0 Å². The Balaban J connectivity index is 3.43. The first-order valence-electron chi connectivity index (χ1n) is 2.38. The van der Waals surface area contributed by atoms with Gasteiger partial charge in [0.25, 0.3) is 0 Å². The van der Waals surface area contributed by atoms with E-state index >= 15 is 0 Å². The minimum Gasteiger partial charge on any atom is -0.398 e. The summed E-state index contributed by atoms with van der Waals surface area (Å²) < 4.78 is 0.582. The molecule has 0 amide bonds. The Hall–Kier alpha value is -0.480. The minimum absolute atomic E-state index is 0.582. The topological polar surface area (TPSA) is 41.8 Å². The van der Waals surface area contributed by atoms with Crippen molar-refractivity contribution in [2.45, 2.75) is 4.90 Å². The molecule has 0 bridgehead atoms. The Morgan fingerprint density at radius 2 is 2.33 bits per heavy atom. The molecule has 1 rings (SSSR count). The van der Waals surface area contributed by atoms with E-state index in [1.54, 1.807) is 12.3 Å². The van der Waals surface area contributed by atoms with Crippen LogP contribution >= 0.6 is 24.8 Å². The third-order valence-corrected chi connectivity index (χ3v) is 1.92. The number of anilines is 1. The van der Waals surface area contributed by atoms with Crippen LogP contribution in [0.1, 0.15) is 0 Å². The Morgan fingerprint density at radius 1 is 1.67 bits per heavy atom. The summed E-state index contributed by atoms with van der Waals surface area (Å²) in [7, 11) is 0. The van der Waals surface area contributed by atoms with Crippen molar-refractivity contribution in [3.05, 3.63) is 16.9 Å². The van der Waals surface area contributed by atoms with Gasteiger partial charge in [0.05, 0.1) is 4.90 Å². The van der Waals surface area contributed by atoms with Gasteiger partial charge < -0.3 is 10.7 Å². The molecule has 4 heteroatoms. The first-order valence-corrected chi connectivity index (χ1v) is 3.23. The molecule has 0 aliphatic rings. The average Bonchev–Trinajstić information content (AvgIpc) is 1.83. The summed E-state index contributed by atoms with van der Waals surface area (Å²) in [5.41, 5.74) is 6.07. The highest BCUT2D eigenvalue weighted by molar-refractivity contribution is 7.81. The van der Waals surface area contributed by atoms with Crippen molar-refractivity contribution < 1.29 is 0 Å². The number of pyridine rings is 1. The zero-order valence-corrected chi connectivity index (χ0v) is 6.30. The van der Waals surface area contributed by atoms with E-state index in [2.05, 4.69) is 17.6 Å². The molecule has 1 aromatic rings. The van der Waals surface area contributed by atoms with Gasteiger partial charge in [0, 0.05) is 11.9 Å². The predicted octanol–water partition coefficient (Wildman–Crippen LogP) is 1.62. The fraction of sp³-hybridized carbons (Fsp3) is 0. The smallest absolute Gasteiger partial charge is 0.118 e. The number of nitrogens with one attached hydrogen (secondary N) is 1. The van der Waals surface area contributed by atoms with E-state index in [-0.39, 0.29) is 0 Å². The van der Waals surface area contributed by atoms with Gasteiger partial charge >= 0.3 is 0 Å². The zero-order valence-electron chi connectivity index (χ0n) is 4.59. The van der Waals surface area contributed by atoms with E-state index < -0.39 is 0 Å². The highest BCUT2D eigenvalue weighted by Gasteiger charge is 1.91. The number of nitrogen functional groups attached to an aromatic ring is 1. The molecule has 3 N–H and O–H groups in total. The molecule has 0 radical (unpaired) electrons. The van der Waals surface area contributed by atoms with Gasteiger partial charge in [0.1, 0.15) is 4.64 Å². The van der Waals surface area contributed by atoms with E-state index in [1.165, 1.54) is 0 Å². The van der Waals surface area contributed by atoms with Crippen LogP contribution in [0.4, 0.5) is 5.69 Å². The normalized spacial score (nSPS) is 9.44. The van der Waals surface area contributed by atoms with Crippen LogP contribution in [0, 0.1) is 4.64 Å². The molecule has 0 saturated carbocycles. The average molecular weight is 158 g/mol. The molecular weight excluding hydrogens is 152 g/mol. The monoisotopic (exact) mass is 158 g/mol. The number of H-pyrrole nitrogens is 1. The maximum Gasteiger partial charge on any atom is 0.118 e. The van der Waals surface area contributed by atoms with Crippen LogP contribution in [-0.4, -0.2) is 4.98 Å². The zero-order chi connectivity index (χ0) is 6.85. The minimum atomic E-state index is 0.582. The molecule has 0 aliphatic carbocycles.